The van der Waals surface area contributed by atoms with Crippen molar-refractivity contribution in [3.05, 3.63) is 71.2 Å². The van der Waals surface area contributed by atoms with Crippen LogP contribution in [0, 0.1) is 5.82 Å². The molecule has 4 N–H and O–H groups in total. The van der Waals surface area contributed by atoms with Gasteiger partial charge in [0.1, 0.15) is 5.82 Å². The molecule has 2 heterocycles. The number of hydrogen-bond acceptors (Lipinski definition) is 6. The number of ether oxygens (including phenoxy) is 1. The van der Waals surface area contributed by atoms with Gasteiger partial charge in [0, 0.05) is 18.6 Å². The number of hydrogen-bond donors (Lipinski definition) is 4. The molecular formula is C21H21FN4O4S. The Morgan fingerprint density at radius 2 is 1.90 bits per heavy atom. The van der Waals surface area contributed by atoms with Crippen LogP contribution in [-0.2, 0) is 9.53 Å². The van der Waals surface area contributed by atoms with E-state index in [4.69, 9.17) is 9.84 Å². The van der Waals surface area contributed by atoms with Crippen LogP contribution in [0.1, 0.15) is 11.6 Å². The lowest BCUT2D eigenvalue weighted by Gasteiger charge is -2.29. The SMILES string of the molecule is CO.COC(=O)C1=C(CSc2nc3ccccc3[nH]2)NC(=O)NC1c1ccc(F)cc1. The van der Waals surface area contributed by atoms with Crippen molar-refractivity contribution in [2.45, 2.75) is 11.2 Å². The largest absolute Gasteiger partial charge is 0.466 e. The lowest BCUT2D eigenvalue weighted by Crippen LogP contribution is -2.46. The molecule has 0 saturated heterocycles. The normalized spacial score (nSPS) is 15.6. The molecule has 8 nitrogen and oxygen atoms in total. The van der Waals surface area contributed by atoms with E-state index in [2.05, 4.69) is 20.6 Å². The van der Waals surface area contributed by atoms with E-state index in [9.17, 15) is 14.0 Å². The summed E-state index contributed by atoms with van der Waals surface area (Å²) in [6.07, 6.45) is 0. The van der Waals surface area contributed by atoms with Gasteiger partial charge in [-0.1, -0.05) is 36.0 Å². The number of rotatable bonds is 5. The lowest BCUT2D eigenvalue weighted by atomic mass is 9.95. The van der Waals surface area contributed by atoms with Crippen LogP contribution in [0.2, 0.25) is 0 Å². The van der Waals surface area contributed by atoms with Gasteiger partial charge >= 0.3 is 12.0 Å². The van der Waals surface area contributed by atoms with E-state index in [0.717, 1.165) is 18.1 Å². The molecule has 4 rings (SSSR count). The number of benzene rings is 2. The summed E-state index contributed by atoms with van der Waals surface area (Å²) in [5, 5.41) is 13.1. The molecule has 162 valence electrons. The predicted octanol–water partition coefficient (Wildman–Crippen LogP) is 2.88. The number of nitrogens with one attached hydrogen (secondary N) is 3. The molecule has 10 heteroatoms. The summed E-state index contributed by atoms with van der Waals surface area (Å²) in [5.41, 5.74) is 2.99. The maximum Gasteiger partial charge on any atom is 0.338 e. The van der Waals surface area contributed by atoms with Crippen LogP contribution < -0.4 is 10.6 Å². The first-order chi connectivity index (χ1) is 15.0. The van der Waals surface area contributed by atoms with Gasteiger partial charge < -0.3 is 25.5 Å². The molecule has 2 amide bonds. The number of urea groups is 1. The van der Waals surface area contributed by atoms with Crippen LogP contribution in [0.4, 0.5) is 9.18 Å². The van der Waals surface area contributed by atoms with Gasteiger partial charge in [-0.15, -0.1) is 0 Å². The van der Waals surface area contributed by atoms with Gasteiger partial charge in [-0.25, -0.2) is 19.0 Å². The highest BCUT2D eigenvalue weighted by molar-refractivity contribution is 7.99. The van der Waals surface area contributed by atoms with Crippen molar-refractivity contribution in [3.8, 4) is 0 Å². The third kappa shape index (κ3) is 5.04. The Labute approximate surface area is 181 Å². The van der Waals surface area contributed by atoms with Crippen molar-refractivity contribution < 1.29 is 23.8 Å². The highest BCUT2D eigenvalue weighted by atomic mass is 32.2. The summed E-state index contributed by atoms with van der Waals surface area (Å²) in [4.78, 5) is 32.4. The van der Waals surface area contributed by atoms with Gasteiger partial charge in [-0.3, -0.25) is 0 Å². The second kappa shape index (κ2) is 10.1. The number of imidazole rings is 1. The van der Waals surface area contributed by atoms with Crippen LogP contribution in [0.15, 0.2) is 65.0 Å². The molecule has 1 aromatic heterocycles. The van der Waals surface area contributed by atoms with E-state index < -0.39 is 23.9 Å². The van der Waals surface area contributed by atoms with Crippen LogP contribution in [0.3, 0.4) is 0 Å². The molecule has 1 atom stereocenters. The van der Waals surface area contributed by atoms with Crippen LogP contribution in [0.5, 0.6) is 0 Å². The average Bonchev–Trinajstić information content (AvgIpc) is 3.22. The zero-order valence-electron chi connectivity index (χ0n) is 16.8. The summed E-state index contributed by atoms with van der Waals surface area (Å²) in [5.74, 6) is -0.694. The number of halogens is 1. The van der Waals surface area contributed by atoms with Crippen molar-refractivity contribution in [2.75, 3.05) is 20.0 Å². The highest BCUT2D eigenvalue weighted by Crippen LogP contribution is 2.30. The smallest absolute Gasteiger partial charge is 0.338 e. The van der Waals surface area contributed by atoms with E-state index in [1.807, 2.05) is 24.3 Å². The number of para-hydroxylation sites is 2. The first-order valence-electron chi connectivity index (χ1n) is 9.22. The van der Waals surface area contributed by atoms with Gasteiger partial charge in [0.05, 0.1) is 29.8 Å². The van der Waals surface area contributed by atoms with E-state index in [-0.39, 0.29) is 11.3 Å². The predicted molar refractivity (Wildman–Crippen MR) is 115 cm³/mol. The average molecular weight is 444 g/mol. The Hall–Kier alpha value is -3.37. The maximum atomic E-state index is 13.3. The van der Waals surface area contributed by atoms with Gasteiger partial charge in [-0.05, 0) is 29.8 Å². The third-order valence-corrected chi connectivity index (χ3v) is 5.38. The quantitative estimate of drug-likeness (QED) is 0.355. The number of methoxy groups -OCH3 is 1. The molecule has 1 aliphatic heterocycles. The second-order valence-electron chi connectivity index (χ2n) is 6.31. The van der Waals surface area contributed by atoms with Crippen molar-refractivity contribution in [1.82, 2.24) is 20.6 Å². The van der Waals surface area contributed by atoms with Gasteiger partial charge in [0.15, 0.2) is 5.16 Å². The van der Waals surface area contributed by atoms with Crippen LogP contribution in [-0.4, -0.2) is 47.0 Å². The first kappa shape index (κ1) is 22.3. The molecule has 3 aromatic rings. The Balaban J connectivity index is 0.00000132. The molecule has 1 aliphatic rings. The Morgan fingerprint density at radius 3 is 2.58 bits per heavy atom. The molecule has 0 saturated carbocycles. The minimum Gasteiger partial charge on any atom is -0.466 e. The number of amides is 2. The Kier molecular flexibility index (Phi) is 7.27. The van der Waals surface area contributed by atoms with Gasteiger partial charge in [0.25, 0.3) is 0 Å². The van der Waals surface area contributed by atoms with Crippen LogP contribution >= 0.6 is 11.8 Å². The highest BCUT2D eigenvalue weighted by Gasteiger charge is 2.33. The van der Waals surface area contributed by atoms with Gasteiger partial charge in [0.2, 0.25) is 0 Å². The second-order valence-corrected chi connectivity index (χ2v) is 7.28. The molecule has 0 spiro atoms. The zero-order chi connectivity index (χ0) is 22.4. The van der Waals surface area contributed by atoms with E-state index >= 15 is 0 Å². The molecule has 1 unspecified atom stereocenters. The van der Waals surface area contributed by atoms with E-state index in [0.29, 0.717) is 16.4 Å². The Bertz CT molecular complexity index is 1080. The molecule has 31 heavy (non-hydrogen) atoms. The monoisotopic (exact) mass is 444 g/mol. The number of esters is 1. The first-order valence-corrected chi connectivity index (χ1v) is 10.2. The Morgan fingerprint density at radius 1 is 1.19 bits per heavy atom. The summed E-state index contributed by atoms with van der Waals surface area (Å²) in [6, 6.07) is 12.0. The molecule has 0 bridgehead atoms. The van der Waals surface area contributed by atoms with Crippen molar-refractivity contribution in [3.63, 3.8) is 0 Å². The standard InChI is InChI=1S/C20H17FN4O3S.CH4O/c1-28-18(26)16-15(10-29-20-23-13-4-2-3-5-14(13)24-20)22-19(27)25-17(16)11-6-8-12(21)9-7-11;1-2/h2-9,17H,10H2,1H3,(H,23,24)(H2,22,25,27);2H,1H3. The fourth-order valence-electron chi connectivity index (χ4n) is 3.13. The number of aliphatic hydroxyl groups excluding tert-OH is 1. The number of aliphatic hydroxyl groups is 1. The minimum absolute atomic E-state index is 0.266. The summed E-state index contributed by atoms with van der Waals surface area (Å²) in [6.45, 7) is 0. The number of aromatic amines is 1. The molecule has 0 aliphatic carbocycles. The summed E-state index contributed by atoms with van der Waals surface area (Å²) < 4.78 is 18.2. The maximum absolute atomic E-state index is 13.3. The topological polar surface area (TPSA) is 116 Å². The van der Waals surface area contributed by atoms with Crippen LogP contribution in [0.25, 0.3) is 11.0 Å². The summed E-state index contributed by atoms with van der Waals surface area (Å²) >= 11 is 1.35. The molecule has 0 radical (unpaired) electrons. The number of fused-ring (bicyclic) bond motifs is 1. The molecule has 2 aromatic carbocycles. The van der Waals surface area contributed by atoms with Crippen molar-refractivity contribution >= 4 is 34.8 Å². The van der Waals surface area contributed by atoms with E-state index in [1.165, 1.54) is 43.1 Å². The number of H-pyrrole nitrogens is 1. The number of nitrogens with zero attached hydrogens (tertiary/aromatic N) is 1. The fraction of sp³-hybridized carbons (Fsp3) is 0.190. The van der Waals surface area contributed by atoms with Crippen molar-refractivity contribution in [1.29, 1.82) is 0 Å². The number of carbonyl (C=O) groups is 2. The lowest BCUT2D eigenvalue weighted by molar-refractivity contribution is -0.136. The number of thioether (sulfide) groups is 1. The summed E-state index contributed by atoms with van der Waals surface area (Å²) in [7, 11) is 2.28. The van der Waals surface area contributed by atoms with Gasteiger partial charge in [-0.2, -0.15) is 0 Å². The number of aromatic nitrogens is 2. The van der Waals surface area contributed by atoms with Crippen molar-refractivity contribution in [2.24, 2.45) is 0 Å². The molecule has 0 fully saturated rings. The van der Waals surface area contributed by atoms with E-state index in [1.54, 1.807) is 0 Å². The molecular weight excluding hydrogens is 423 g/mol. The third-order valence-electron chi connectivity index (χ3n) is 4.48. The zero-order valence-corrected chi connectivity index (χ0v) is 17.6. The fourth-order valence-corrected chi connectivity index (χ4v) is 3.98. The number of carbonyl (C=O) groups excluding carboxylic acids is 2. The minimum atomic E-state index is -0.747.